The molecule has 5 N–H and O–H groups in total. The number of anilines is 1. The number of rotatable bonds is 4. The summed E-state index contributed by atoms with van der Waals surface area (Å²) in [7, 11) is 1.64. The van der Waals surface area contributed by atoms with Gasteiger partial charge in [-0.3, -0.25) is 9.91 Å². The van der Waals surface area contributed by atoms with Gasteiger partial charge in [0.05, 0.1) is 25.4 Å². The van der Waals surface area contributed by atoms with Crippen LogP contribution in [0.15, 0.2) is 45.6 Å². The minimum Gasteiger partial charge on any atom is -0.497 e. The Labute approximate surface area is 163 Å². The van der Waals surface area contributed by atoms with Crippen LogP contribution in [0.5, 0.6) is 5.75 Å². The van der Waals surface area contributed by atoms with Gasteiger partial charge in [0.25, 0.3) is 0 Å². The number of ether oxygens (including phenoxy) is 1. The van der Waals surface area contributed by atoms with Gasteiger partial charge in [-0.2, -0.15) is 5.10 Å². The van der Waals surface area contributed by atoms with Crippen molar-refractivity contribution in [3.8, 4) is 5.75 Å². The predicted octanol–water partition coefficient (Wildman–Crippen LogP) is -0.213. The number of methoxy groups -OCH3 is 1. The van der Waals surface area contributed by atoms with E-state index in [2.05, 4.69) is 15.4 Å². The van der Waals surface area contributed by atoms with Crippen molar-refractivity contribution in [1.82, 2.24) is 9.91 Å². The average molecular weight is 386 g/mol. The van der Waals surface area contributed by atoms with E-state index in [9.17, 15) is 10.2 Å². The zero-order valence-corrected chi connectivity index (χ0v) is 15.8. The Bertz CT molecular complexity index is 812. The first kappa shape index (κ1) is 18.9. The summed E-state index contributed by atoms with van der Waals surface area (Å²) in [5, 5.41) is 29.9. The first-order chi connectivity index (χ1) is 13.5. The van der Waals surface area contributed by atoms with Gasteiger partial charge in [-0.1, -0.05) is 6.07 Å². The Morgan fingerprint density at radius 2 is 2.07 bits per heavy atom. The highest BCUT2D eigenvalue weighted by Gasteiger charge is 2.35. The summed E-state index contributed by atoms with van der Waals surface area (Å²) in [6.07, 6.45) is 0.918. The molecule has 0 spiro atoms. The van der Waals surface area contributed by atoms with Gasteiger partial charge in [0, 0.05) is 37.9 Å². The van der Waals surface area contributed by atoms with Crippen molar-refractivity contribution in [2.45, 2.75) is 24.7 Å². The number of nitrogens with two attached hydrogens (primary N) is 1. The molecule has 1 fully saturated rings. The molecule has 0 aromatic heterocycles. The highest BCUT2D eigenvalue weighted by Crippen LogP contribution is 2.29. The monoisotopic (exact) mass is 386 g/mol. The smallest absolute Gasteiger partial charge is 0.157 e. The van der Waals surface area contributed by atoms with E-state index in [0.717, 1.165) is 35.9 Å². The standard InChI is InChI=1S/C19H26N6O3/c1-28-14-4-2-3-13(7-14)23-19-18-12(5-6-25(18)22-11-21-19)8-24-9-15(26)17(20)16(27)10-24/h2-4,7,11,15-17,26-27H,5-6,8-10,20H2,1H3,(H,21,22,23)/t15-,16-/m1/s1. The lowest BCUT2D eigenvalue weighted by Gasteiger charge is -2.38. The first-order valence-corrected chi connectivity index (χ1v) is 9.40. The zero-order valence-electron chi connectivity index (χ0n) is 15.8. The number of aliphatic hydroxyl groups is 2. The fourth-order valence-electron chi connectivity index (χ4n) is 3.85. The second-order valence-corrected chi connectivity index (χ2v) is 7.30. The summed E-state index contributed by atoms with van der Waals surface area (Å²) in [5.74, 6) is 1.49. The quantitative estimate of drug-likeness (QED) is 0.565. The van der Waals surface area contributed by atoms with Crippen molar-refractivity contribution < 1.29 is 14.9 Å². The molecule has 9 heteroatoms. The van der Waals surface area contributed by atoms with Crippen molar-refractivity contribution in [3.05, 3.63) is 35.5 Å². The highest BCUT2D eigenvalue weighted by atomic mass is 16.5. The van der Waals surface area contributed by atoms with Gasteiger partial charge < -0.3 is 26.0 Å². The highest BCUT2D eigenvalue weighted by molar-refractivity contribution is 6.12. The molecule has 3 aliphatic rings. The molecule has 0 amide bonds. The number of likely N-dealkylation sites (tertiary alicyclic amines) is 1. The van der Waals surface area contributed by atoms with Gasteiger partial charge in [0.1, 0.15) is 17.8 Å². The van der Waals surface area contributed by atoms with Gasteiger partial charge in [-0.05, 0) is 24.1 Å². The molecule has 1 aromatic rings. The Morgan fingerprint density at radius 1 is 1.29 bits per heavy atom. The number of benzene rings is 1. The van der Waals surface area contributed by atoms with Crippen LogP contribution in [-0.2, 0) is 0 Å². The van der Waals surface area contributed by atoms with Crippen molar-refractivity contribution in [1.29, 1.82) is 0 Å². The molecule has 0 radical (unpaired) electrons. The molecule has 4 rings (SSSR count). The lowest BCUT2D eigenvalue weighted by atomic mass is 9.99. The normalized spacial score (nSPS) is 25.7. The summed E-state index contributed by atoms with van der Waals surface area (Å²) in [6.45, 7) is 2.28. The molecule has 1 aromatic carbocycles. The molecular weight excluding hydrogens is 360 g/mol. The topological polar surface area (TPSA) is 119 Å². The largest absolute Gasteiger partial charge is 0.497 e. The summed E-state index contributed by atoms with van der Waals surface area (Å²) >= 11 is 0. The van der Waals surface area contributed by atoms with Gasteiger partial charge in [-0.25, -0.2) is 4.99 Å². The minimum atomic E-state index is -0.737. The number of fused-ring (bicyclic) bond motifs is 1. The second kappa shape index (κ2) is 7.88. The van der Waals surface area contributed by atoms with Crippen molar-refractivity contribution in [2.75, 3.05) is 38.6 Å². The average Bonchev–Trinajstić information content (AvgIpc) is 3.10. The molecule has 3 heterocycles. The lowest BCUT2D eigenvalue weighted by Crippen LogP contribution is -2.59. The van der Waals surface area contributed by atoms with Gasteiger partial charge in [0.15, 0.2) is 5.84 Å². The Kier molecular flexibility index (Phi) is 5.31. The summed E-state index contributed by atoms with van der Waals surface area (Å²) < 4.78 is 5.29. The molecule has 1 saturated heterocycles. The van der Waals surface area contributed by atoms with Crippen LogP contribution in [0.3, 0.4) is 0 Å². The van der Waals surface area contributed by atoms with E-state index in [4.69, 9.17) is 10.5 Å². The molecule has 0 aliphatic carbocycles. The molecule has 2 atom stereocenters. The van der Waals surface area contributed by atoms with Crippen LogP contribution in [-0.4, -0.2) is 83.8 Å². The first-order valence-electron chi connectivity index (χ1n) is 9.40. The second-order valence-electron chi connectivity index (χ2n) is 7.30. The number of β-amino-alcohol motifs (C(OH)–C–C–N with tert-alkyl or cyclic N) is 2. The van der Waals surface area contributed by atoms with Crippen LogP contribution >= 0.6 is 0 Å². The van der Waals surface area contributed by atoms with E-state index < -0.39 is 18.2 Å². The van der Waals surface area contributed by atoms with Crippen molar-refractivity contribution >= 4 is 17.9 Å². The molecule has 0 saturated carbocycles. The Hall–Kier alpha value is -2.46. The zero-order chi connectivity index (χ0) is 19.7. The van der Waals surface area contributed by atoms with E-state index >= 15 is 0 Å². The van der Waals surface area contributed by atoms with E-state index in [1.807, 2.05) is 34.2 Å². The molecule has 150 valence electrons. The van der Waals surface area contributed by atoms with E-state index in [0.29, 0.717) is 19.6 Å². The number of amidine groups is 1. The number of hydrazone groups is 1. The summed E-state index contributed by atoms with van der Waals surface area (Å²) in [4.78, 5) is 6.48. The molecule has 28 heavy (non-hydrogen) atoms. The lowest BCUT2D eigenvalue weighted by molar-refractivity contribution is -0.0232. The Morgan fingerprint density at radius 3 is 2.82 bits per heavy atom. The third-order valence-corrected chi connectivity index (χ3v) is 5.35. The third kappa shape index (κ3) is 3.74. The molecule has 9 nitrogen and oxygen atoms in total. The SMILES string of the molecule is COc1cccc(NC2=NC=NN3CCC(CN4C[C@@H](O)C(N)[C@H](O)C4)=C23)c1. The number of hydrogen-bond acceptors (Lipinski definition) is 9. The number of aliphatic imine (C=N–C) groups is 1. The maximum absolute atomic E-state index is 10.1. The molecule has 0 unspecified atom stereocenters. The number of hydrogen-bond donors (Lipinski definition) is 4. The molecular formula is C19H26N6O3. The predicted molar refractivity (Wildman–Crippen MR) is 107 cm³/mol. The van der Waals surface area contributed by atoms with Gasteiger partial charge >= 0.3 is 0 Å². The van der Waals surface area contributed by atoms with E-state index in [-0.39, 0.29) is 0 Å². The van der Waals surface area contributed by atoms with Crippen LogP contribution in [0.1, 0.15) is 6.42 Å². The summed E-state index contributed by atoms with van der Waals surface area (Å²) in [5.41, 5.74) is 8.82. The van der Waals surface area contributed by atoms with Crippen LogP contribution in [0.2, 0.25) is 0 Å². The number of aliphatic hydroxyl groups excluding tert-OH is 2. The van der Waals surface area contributed by atoms with Crippen molar-refractivity contribution in [2.24, 2.45) is 15.8 Å². The molecule has 0 bridgehead atoms. The van der Waals surface area contributed by atoms with Crippen molar-refractivity contribution in [3.63, 3.8) is 0 Å². The van der Waals surface area contributed by atoms with Crippen LogP contribution in [0.4, 0.5) is 5.69 Å². The fraction of sp³-hybridized carbons (Fsp3) is 0.474. The van der Waals surface area contributed by atoms with Gasteiger partial charge in [-0.15, -0.1) is 0 Å². The van der Waals surface area contributed by atoms with Crippen LogP contribution < -0.4 is 15.8 Å². The van der Waals surface area contributed by atoms with E-state index in [1.165, 1.54) is 5.57 Å². The number of nitrogens with zero attached hydrogens (tertiary/aromatic N) is 4. The number of nitrogens with one attached hydrogen (secondary N) is 1. The maximum atomic E-state index is 10.1. The minimum absolute atomic E-state index is 0.439. The van der Waals surface area contributed by atoms with Gasteiger partial charge in [0.2, 0.25) is 0 Å². The Balaban J connectivity index is 1.54. The molecule has 3 aliphatic heterocycles. The fourth-order valence-corrected chi connectivity index (χ4v) is 3.85. The summed E-state index contributed by atoms with van der Waals surface area (Å²) in [6, 6.07) is 7.07. The van der Waals surface area contributed by atoms with Crippen LogP contribution in [0.25, 0.3) is 0 Å². The number of piperidine rings is 1. The maximum Gasteiger partial charge on any atom is 0.157 e. The third-order valence-electron chi connectivity index (χ3n) is 5.35. The van der Waals surface area contributed by atoms with Crippen LogP contribution in [0, 0.1) is 0 Å². The van der Waals surface area contributed by atoms with E-state index in [1.54, 1.807) is 13.4 Å².